The SMILES string of the molecule is CCC(C)N1C(=O)C2C(C(C)C)NC3(C(=O)Nc4ccc(Br)cc43)C2C1=O. The van der Waals surface area contributed by atoms with E-state index in [1.165, 1.54) is 4.90 Å². The van der Waals surface area contributed by atoms with Crippen molar-refractivity contribution in [2.45, 2.75) is 51.7 Å². The molecule has 4 rings (SSSR count). The van der Waals surface area contributed by atoms with E-state index in [9.17, 15) is 14.4 Å². The number of hydrogen-bond donors (Lipinski definition) is 2. The van der Waals surface area contributed by atoms with Crippen LogP contribution in [0.4, 0.5) is 5.69 Å². The van der Waals surface area contributed by atoms with Gasteiger partial charge in [0.2, 0.25) is 17.7 Å². The van der Waals surface area contributed by atoms with Crippen molar-refractivity contribution in [1.82, 2.24) is 10.2 Å². The smallest absolute Gasteiger partial charge is 0.250 e. The van der Waals surface area contributed by atoms with Gasteiger partial charge in [-0.1, -0.05) is 36.7 Å². The standard InChI is InChI=1S/C20H24BrN3O3/c1-5-10(4)24-17(25)14-15(18(24)26)20(23-16(14)9(2)3)12-8-11(21)6-7-13(12)22-19(20)27/h6-10,14-16,23H,5H2,1-4H3,(H,22,27). The van der Waals surface area contributed by atoms with Gasteiger partial charge >= 0.3 is 0 Å². The maximum Gasteiger partial charge on any atom is 0.250 e. The van der Waals surface area contributed by atoms with Crippen molar-refractivity contribution in [3.05, 3.63) is 28.2 Å². The highest BCUT2D eigenvalue weighted by Gasteiger charge is 2.71. The number of fused-ring (bicyclic) bond motifs is 4. The number of imide groups is 1. The predicted octanol–water partition coefficient (Wildman–Crippen LogP) is 2.62. The van der Waals surface area contributed by atoms with Gasteiger partial charge in [0.05, 0.1) is 11.8 Å². The second-order valence-corrected chi connectivity index (χ2v) is 9.09. The van der Waals surface area contributed by atoms with Gasteiger partial charge in [-0.25, -0.2) is 0 Å². The zero-order valence-corrected chi connectivity index (χ0v) is 17.5. The van der Waals surface area contributed by atoms with Crippen LogP contribution in [0.15, 0.2) is 22.7 Å². The molecule has 2 saturated heterocycles. The summed E-state index contributed by atoms with van der Waals surface area (Å²) in [5.41, 5.74) is 0.237. The van der Waals surface area contributed by atoms with Crippen molar-refractivity contribution < 1.29 is 14.4 Å². The molecule has 27 heavy (non-hydrogen) atoms. The van der Waals surface area contributed by atoms with E-state index in [2.05, 4.69) is 26.6 Å². The molecule has 3 aliphatic heterocycles. The van der Waals surface area contributed by atoms with Crippen LogP contribution in [0, 0.1) is 17.8 Å². The van der Waals surface area contributed by atoms with Gasteiger partial charge in [0, 0.05) is 27.8 Å². The lowest BCUT2D eigenvalue weighted by molar-refractivity contribution is -0.145. The zero-order chi connectivity index (χ0) is 19.7. The van der Waals surface area contributed by atoms with Crippen LogP contribution in [-0.2, 0) is 19.9 Å². The molecule has 6 nitrogen and oxygen atoms in total. The van der Waals surface area contributed by atoms with Crippen LogP contribution in [0.5, 0.6) is 0 Å². The molecule has 0 saturated carbocycles. The van der Waals surface area contributed by atoms with Crippen molar-refractivity contribution >= 4 is 39.3 Å². The number of halogens is 1. The minimum absolute atomic E-state index is 0.106. The molecular formula is C20H24BrN3O3. The number of hydrogen-bond acceptors (Lipinski definition) is 4. The van der Waals surface area contributed by atoms with Crippen LogP contribution < -0.4 is 10.6 Å². The summed E-state index contributed by atoms with van der Waals surface area (Å²) in [6.45, 7) is 7.89. The molecule has 5 unspecified atom stereocenters. The van der Waals surface area contributed by atoms with E-state index in [4.69, 9.17) is 0 Å². The Morgan fingerprint density at radius 1 is 1.19 bits per heavy atom. The third kappa shape index (κ3) is 2.30. The Labute approximate surface area is 167 Å². The molecule has 0 radical (unpaired) electrons. The number of likely N-dealkylation sites (tertiary alicyclic amines) is 1. The number of carbonyl (C=O) groups excluding carboxylic acids is 3. The van der Waals surface area contributed by atoms with Gasteiger partial charge in [-0.15, -0.1) is 0 Å². The molecule has 3 aliphatic rings. The number of carbonyl (C=O) groups is 3. The summed E-state index contributed by atoms with van der Waals surface area (Å²) >= 11 is 3.48. The highest BCUT2D eigenvalue weighted by atomic mass is 79.9. The number of nitrogens with one attached hydrogen (secondary N) is 2. The molecule has 1 aromatic carbocycles. The number of anilines is 1. The van der Waals surface area contributed by atoms with Gasteiger partial charge in [0.1, 0.15) is 5.54 Å². The molecule has 0 aliphatic carbocycles. The maximum atomic E-state index is 13.4. The van der Waals surface area contributed by atoms with Crippen molar-refractivity contribution in [3.63, 3.8) is 0 Å². The summed E-state index contributed by atoms with van der Waals surface area (Å²) in [6.07, 6.45) is 0.692. The maximum absolute atomic E-state index is 13.4. The Morgan fingerprint density at radius 2 is 1.89 bits per heavy atom. The van der Waals surface area contributed by atoms with Crippen LogP contribution >= 0.6 is 15.9 Å². The fourth-order valence-corrected chi connectivity index (χ4v) is 5.28. The van der Waals surface area contributed by atoms with E-state index in [0.717, 1.165) is 10.0 Å². The average Bonchev–Trinajstić information content (AvgIpc) is 3.20. The van der Waals surface area contributed by atoms with Gasteiger partial charge in [0.25, 0.3) is 0 Å². The van der Waals surface area contributed by atoms with E-state index in [1.54, 1.807) is 0 Å². The second kappa shape index (κ2) is 6.14. The second-order valence-electron chi connectivity index (χ2n) is 8.17. The monoisotopic (exact) mass is 433 g/mol. The normalized spacial score (nSPS) is 33.0. The van der Waals surface area contributed by atoms with Crippen LogP contribution in [0.1, 0.15) is 39.7 Å². The number of benzene rings is 1. The Morgan fingerprint density at radius 3 is 2.52 bits per heavy atom. The molecule has 1 aromatic rings. The molecule has 3 amide bonds. The first-order valence-corrected chi connectivity index (χ1v) is 10.3. The summed E-state index contributed by atoms with van der Waals surface area (Å²) < 4.78 is 0.832. The first-order valence-electron chi connectivity index (χ1n) is 9.50. The van der Waals surface area contributed by atoms with Gasteiger partial charge in [-0.2, -0.15) is 0 Å². The van der Waals surface area contributed by atoms with Gasteiger partial charge in [-0.05, 0) is 37.5 Å². The van der Waals surface area contributed by atoms with E-state index in [-0.39, 0.29) is 35.7 Å². The largest absolute Gasteiger partial charge is 0.324 e. The molecule has 7 heteroatoms. The quantitative estimate of drug-likeness (QED) is 0.718. The van der Waals surface area contributed by atoms with Gasteiger partial charge in [0.15, 0.2) is 0 Å². The Hall–Kier alpha value is -1.73. The number of amides is 3. The summed E-state index contributed by atoms with van der Waals surface area (Å²) in [5.74, 6) is -1.78. The number of rotatable bonds is 3. The Kier molecular flexibility index (Phi) is 4.23. The molecule has 2 fully saturated rings. The average molecular weight is 434 g/mol. The lowest BCUT2D eigenvalue weighted by atomic mass is 9.76. The Balaban J connectivity index is 1.92. The van der Waals surface area contributed by atoms with Crippen molar-refractivity contribution in [2.24, 2.45) is 17.8 Å². The summed E-state index contributed by atoms with van der Waals surface area (Å²) in [5, 5.41) is 6.36. The Bertz CT molecular complexity index is 855. The van der Waals surface area contributed by atoms with Crippen LogP contribution in [0.2, 0.25) is 0 Å². The van der Waals surface area contributed by atoms with E-state index in [1.807, 2.05) is 45.9 Å². The molecule has 2 N–H and O–H groups in total. The summed E-state index contributed by atoms with van der Waals surface area (Å²) in [7, 11) is 0. The zero-order valence-electron chi connectivity index (χ0n) is 15.9. The fourth-order valence-electron chi connectivity index (χ4n) is 4.92. The first-order chi connectivity index (χ1) is 12.7. The highest BCUT2D eigenvalue weighted by molar-refractivity contribution is 9.10. The molecule has 144 valence electrons. The number of nitrogens with zero attached hydrogens (tertiary/aromatic N) is 1. The molecule has 0 aromatic heterocycles. The molecular weight excluding hydrogens is 410 g/mol. The third-order valence-corrected chi connectivity index (χ3v) is 6.89. The molecule has 3 heterocycles. The van der Waals surface area contributed by atoms with Crippen molar-refractivity contribution in [1.29, 1.82) is 0 Å². The highest BCUT2D eigenvalue weighted by Crippen LogP contribution is 2.54. The molecule has 1 spiro atoms. The lowest BCUT2D eigenvalue weighted by Gasteiger charge is -2.31. The van der Waals surface area contributed by atoms with E-state index >= 15 is 0 Å². The van der Waals surface area contributed by atoms with Crippen molar-refractivity contribution in [3.8, 4) is 0 Å². The summed E-state index contributed by atoms with van der Waals surface area (Å²) in [4.78, 5) is 41.3. The fraction of sp³-hybridized carbons (Fsp3) is 0.550. The minimum atomic E-state index is -1.20. The van der Waals surface area contributed by atoms with E-state index in [0.29, 0.717) is 12.1 Å². The van der Waals surface area contributed by atoms with Crippen LogP contribution in [0.25, 0.3) is 0 Å². The van der Waals surface area contributed by atoms with Gasteiger partial charge < -0.3 is 5.32 Å². The molecule has 5 atom stereocenters. The van der Waals surface area contributed by atoms with Gasteiger partial charge in [-0.3, -0.25) is 24.6 Å². The third-order valence-electron chi connectivity index (χ3n) is 6.40. The first kappa shape index (κ1) is 18.6. The minimum Gasteiger partial charge on any atom is -0.324 e. The topological polar surface area (TPSA) is 78.5 Å². The summed E-state index contributed by atoms with van der Waals surface area (Å²) in [6, 6.07) is 5.16. The molecule has 0 bridgehead atoms. The lowest BCUT2D eigenvalue weighted by Crippen LogP contribution is -2.54. The van der Waals surface area contributed by atoms with Crippen LogP contribution in [0.3, 0.4) is 0 Å². The van der Waals surface area contributed by atoms with E-state index < -0.39 is 17.4 Å². The van der Waals surface area contributed by atoms with Crippen LogP contribution in [-0.4, -0.2) is 34.7 Å². The predicted molar refractivity (Wildman–Crippen MR) is 105 cm³/mol. The van der Waals surface area contributed by atoms with Crippen molar-refractivity contribution in [2.75, 3.05) is 5.32 Å².